The molecule has 8 heteroatoms. The van der Waals surface area contributed by atoms with Crippen LogP contribution in [0.3, 0.4) is 0 Å². The van der Waals surface area contributed by atoms with E-state index in [0.29, 0.717) is 19.1 Å². The second-order valence-electron chi connectivity index (χ2n) is 9.46. The molecule has 1 aromatic rings. The van der Waals surface area contributed by atoms with Gasteiger partial charge >= 0.3 is 6.03 Å². The Hall–Kier alpha value is -2.48. The largest absolute Gasteiger partial charge is 0.341 e. The zero-order chi connectivity index (χ0) is 22.7. The third-order valence-corrected chi connectivity index (χ3v) is 7.35. The number of halogens is 1. The smallest absolute Gasteiger partial charge is 0.319 e. The summed E-state index contributed by atoms with van der Waals surface area (Å²) in [5.41, 5.74) is 0.958. The van der Waals surface area contributed by atoms with Gasteiger partial charge in [0.15, 0.2) is 0 Å². The van der Waals surface area contributed by atoms with Crippen LogP contribution in [-0.2, 0) is 0 Å². The summed E-state index contributed by atoms with van der Waals surface area (Å²) >= 11 is 0. The van der Waals surface area contributed by atoms with Gasteiger partial charge in [-0.05, 0) is 63.4 Å². The highest BCUT2D eigenvalue weighted by Crippen LogP contribution is 2.45. The number of likely N-dealkylation sites (tertiary alicyclic amines) is 2. The van der Waals surface area contributed by atoms with Gasteiger partial charge in [0.2, 0.25) is 5.95 Å². The average molecular weight is 443 g/mol. The van der Waals surface area contributed by atoms with Crippen LogP contribution in [0.4, 0.5) is 15.1 Å². The topological polar surface area (TPSA) is 55.8 Å². The molecule has 1 spiro atoms. The molecule has 4 rings (SSSR count). The van der Waals surface area contributed by atoms with Crippen molar-refractivity contribution in [2.45, 2.75) is 38.6 Å². The molecule has 4 heterocycles. The van der Waals surface area contributed by atoms with E-state index in [9.17, 15) is 9.18 Å². The minimum Gasteiger partial charge on any atom is -0.341 e. The molecule has 0 N–H and O–H groups in total. The molecule has 0 unspecified atom stereocenters. The number of aromatic nitrogens is 2. The Morgan fingerprint density at radius 1 is 1.16 bits per heavy atom. The highest BCUT2D eigenvalue weighted by molar-refractivity contribution is 5.75. The van der Waals surface area contributed by atoms with Gasteiger partial charge in [-0.1, -0.05) is 6.08 Å². The maximum Gasteiger partial charge on any atom is 0.319 e. The zero-order valence-corrected chi connectivity index (χ0v) is 19.5. The molecule has 0 atom stereocenters. The van der Waals surface area contributed by atoms with Crippen molar-refractivity contribution in [2.75, 3.05) is 58.3 Å². The van der Waals surface area contributed by atoms with Crippen molar-refractivity contribution >= 4 is 12.0 Å². The Bertz CT molecular complexity index is 855. The number of carbonyl (C=O) groups is 1. The van der Waals surface area contributed by atoms with Crippen molar-refractivity contribution in [1.29, 1.82) is 0 Å². The van der Waals surface area contributed by atoms with Crippen LogP contribution in [0.25, 0.3) is 0 Å². The molecule has 0 radical (unpaired) electrons. The molecule has 3 aliphatic rings. The number of nitrogens with zero attached hydrogens (tertiary/aromatic N) is 6. The molecule has 0 bridgehead atoms. The molecular weight excluding hydrogens is 407 g/mol. The first-order valence-corrected chi connectivity index (χ1v) is 11.7. The van der Waals surface area contributed by atoms with E-state index in [4.69, 9.17) is 0 Å². The van der Waals surface area contributed by atoms with E-state index < -0.39 is 0 Å². The van der Waals surface area contributed by atoms with Crippen LogP contribution in [0, 0.1) is 5.41 Å². The molecule has 3 aliphatic heterocycles. The normalized spacial score (nSPS) is 23.9. The first kappa shape index (κ1) is 22.7. The summed E-state index contributed by atoms with van der Waals surface area (Å²) in [7, 11) is 3.55. The molecule has 174 valence electrons. The third kappa shape index (κ3) is 4.65. The lowest BCUT2D eigenvalue weighted by atomic mass is 9.73. The van der Waals surface area contributed by atoms with Gasteiger partial charge in [-0.25, -0.2) is 19.2 Å². The van der Waals surface area contributed by atoms with Crippen LogP contribution in [-0.4, -0.2) is 90.1 Å². The zero-order valence-electron chi connectivity index (χ0n) is 19.5. The van der Waals surface area contributed by atoms with Crippen molar-refractivity contribution in [3.63, 3.8) is 0 Å². The second-order valence-corrected chi connectivity index (χ2v) is 9.46. The summed E-state index contributed by atoms with van der Waals surface area (Å²) in [6.07, 6.45) is 10.9. The Labute approximate surface area is 190 Å². The van der Waals surface area contributed by atoms with Crippen molar-refractivity contribution < 1.29 is 9.18 Å². The number of piperidine rings is 2. The van der Waals surface area contributed by atoms with Gasteiger partial charge in [0.25, 0.3) is 0 Å². The van der Waals surface area contributed by atoms with Crippen LogP contribution in [0.15, 0.2) is 42.0 Å². The van der Waals surface area contributed by atoms with E-state index in [1.807, 2.05) is 11.0 Å². The van der Waals surface area contributed by atoms with Gasteiger partial charge in [-0.2, -0.15) is 0 Å². The van der Waals surface area contributed by atoms with E-state index in [2.05, 4.69) is 19.8 Å². The first-order chi connectivity index (χ1) is 15.4. The van der Waals surface area contributed by atoms with Crippen LogP contribution in [0.2, 0.25) is 0 Å². The van der Waals surface area contributed by atoms with E-state index in [0.717, 1.165) is 63.4 Å². The minimum absolute atomic E-state index is 0.00611. The van der Waals surface area contributed by atoms with Crippen LogP contribution in [0.1, 0.15) is 32.6 Å². The van der Waals surface area contributed by atoms with Crippen molar-refractivity contribution in [3.05, 3.63) is 42.0 Å². The summed E-state index contributed by atoms with van der Waals surface area (Å²) in [5.74, 6) is 0.609. The van der Waals surface area contributed by atoms with Crippen LogP contribution < -0.4 is 4.90 Å². The molecule has 2 amide bonds. The van der Waals surface area contributed by atoms with Crippen molar-refractivity contribution in [1.82, 2.24) is 24.7 Å². The molecule has 3 fully saturated rings. The predicted molar refractivity (Wildman–Crippen MR) is 124 cm³/mol. The average Bonchev–Trinajstić information content (AvgIpc) is 3.16. The number of rotatable bonds is 3. The Morgan fingerprint density at radius 2 is 1.81 bits per heavy atom. The van der Waals surface area contributed by atoms with Gasteiger partial charge in [0, 0.05) is 64.1 Å². The maximum absolute atomic E-state index is 14.2. The van der Waals surface area contributed by atoms with Crippen LogP contribution >= 0.6 is 0 Å². The minimum atomic E-state index is -0.212. The van der Waals surface area contributed by atoms with Gasteiger partial charge in [0.1, 0.15) is 5.83 Å². The highest BCUT2D eigenvalue weighted by Gasteiger charge is 2.47. The number of urea groups is 1. The fourth-order valence-electron chi connectivity index (χ4n) is 5.44. The molecule has 32 heavy (non-hydrogen) atoms. The van der Waals surface area contributed by atoms with Gasteiger partial charge in [-0.15, -0.1) is 0 Å². The summed E-state index contributed by atoms with van der Waals surface area (Å²) in [5, 5.41) is 0. The SMILES string of the molecule is C/C=C(F)\C=C1/CN(C(=O)N(C)C)CC12CCN(C1CCN(c3ncccn3)CC1)CC2. The van der Waals surface area contributed by atoms with E-state index in [1.165, 1.54) is 6.08 Å². The molecule has 7 nitrogen and oxygen atoms in total. The summed E-state index contributed by atoms with van der Waals surface area (Å²) < 4.78 is 14.2. The molecule has 1 aromatic heterocycles. The molecule has 0 aliphatic carbocycles. The summed E-state index contributed by atoms with van der Waals surface area (Å²) in [6, 6.07) is 2.42. The first-order valence-electron chi connectivity index (χ1n) is 11.7. The van der Waals surface area contributed by atoms with E-state index in [-0.39, 0.29) is 17.3 Å². The van der Waals surface area contributed by atoms with E-state index in [1.54, 1.807) is 44.4 Å². The standard InChI is InChI=1S/C24H35FN6O/c1-4-20(25)16-19-17-31(23(32)28(2)3)18-24(19)8-14-29(15-9-24)21-6-12-30(13-7-21)22-26-10-5-11-27-22/h4-5,10-11,16,21H,6-9,12-15,17-18H2,1-3H3/b19-16+,20-4+. The fraction of sp³-hybridized carbons (Fsp3) is 0.625. The molecule has 0 aromatic carbocycles. The number of allylic oxidation sites excluding steroid dienone is 3. The molecule has 0 saturated carbocycles. The maximum atomic E-state index is 14.2. The third-order valence-electron chi connectivity index (χ3n) is 7.35. The lowest BCUT2D eigenvalue weighted by Crippen LogP contribution is -2.51. The Morgan fingerprint density at radius 3 is 2.41 bits per heavy atom. The molecular formula is C24H35FN6O. The van der Waals surface area contributed by atoms with Crippen molar-refractivity contribution in [2.24, 2.45) is 5.41 Å². The molecule has 3 saturated heterocycles. The number of hydrogen-bond donors (Lipinski definition) is 0. The lowest BCUT2D eigenvalue weighted by molar-refractivity contribution is 0.0812. The Kier molecular flexibility index (Phi) is 6.79. The van der Waals surface area contributed by atoms with Gasteiger partial charge in [-0.3, -0.25) is 0 Å². The number of amides is 2. The summed E-state index contributed by atoms with van der Waals surface area (Å²) in [6.45, 7) is 6.85. The van der Waals surface area contributed by atoms with E-state index >= 15 is 0 Å². The van der Waals surface area contributed by atoms with Gasteiger partial charge < -0.3 is 19.6 Å². The number of hydrogen-bond acceptors (Lipinski definition) is 5. The number of carbonyl (C=O) groups excluding carboxylic acids is 1. The fourth-order valence-corrected chi connectivity index (χ4v) is 5.44. The summed E-state index contributed by atoms with van der Waals surface area (Å²) in [4.78, 5) is 29.8. The number of anilines is 1. The van der Waals surface area contributed by atoms with Gasteiger partial charge in [0.05, 0.1) is 0 Å². The predicted octanol–water partition coefficient (Wildman–Crippen LogP) is 3.32. The highest BCUT2D eigenvalue weighted by atomic mass is 19.1. The Balaban J connectivity index is 1.39. The quantitative estimate of drug-likeness (QED) is 0.719. The monoisotopic (exact) mass is 442 g/mol. The van der Waals surface area contributed by atoms with Crippen LogP contribution in [0.5, 0.6) is 0 Å². The van der Waals surface area contributed by atoms with Crippen molar-refractivity contribution in [3.8, 4) is 0 Å². The lowest BCUT2D eigenvalue weighted by Gasteiger charge is -2.45. The second kappa shape index (κ2) is 9.57.